The van der Waals surface area contributed by atoms with Gasteiger partial charge in [-0.2, -0.15) is 0 Å². The molecule has 31 heavy (non-hydrogen) atoms. The Morgan fingerprint density at radius 1 is 1.03 bits per heavy atom. The van der Waals surface area contributed by atoms with Crippen molar-refractivity contribution >= 4 is 17.5 Å². The molecule has 1 fully saturated rings. The zero-order valence-corrected chi connectivity index (χ0v) is 19.2. The maximum absolute atomic E-state index is 13.9. The van der Waals surface area contributed by atoms with Crippen molar-refractivity contribution in [2.75, 3.05) is 25.0 Å². The Labute approximate surface area is 185 Å². The number of carbonyl (C=O) groups excluding carboxylic acids is 2. The van der Waals surface area contributed by atoms with Gasteiger partial charge in [0.1, 0.15) is 6.04 Å². The number of piperidine rings is 1. The van der Waals surface area contributed by atoms with E-state index in [4.69, 9.17) is 0 Å². The van der Waals surface area contributed by atoms with Gasteiger partial charge in [0.2, 0.25) is 5.91 Å². The summed E-state index contributed by atoms with van der Waals surface area (Å²) in [6.07, 6.45) is 0.942. The highest BCUT2D eigenvalue weighted by Crippen LogP contribution is 2.45. The SMILES string of the molecule is Cc1ccc(C(=O)N[C@H](C(=O)N2c3ccc(C)cc3C3CN(C)CCC32)C(C)C)cc1. The molecule has 4 rings (SSSR count). The van der Waals surface area contributed by atoms with Crippen molar-refractivity contribution in [3.05, 3.63) is 64.7 Å². The zero-order valence-electron chi connectivity index (χ0n) is 19.2. The number of nitrogens with one attached hydrogen (secondary N) is 1. The molecule has 1 N–H and O–H groups in total. The molecule has 2 aliphatic heterocycles. The van der Waals surface area contributed by atoms with E-state index in [9.17, 15) is 9.59 Å². The van der Waals surface area contributed by atoms with E-state index in [0.717, 1.165) is 30.8 Å². The number of nitrogens with zero attached hydrogens (tertiary/aromatic N) is 2. The Hall–Kier alpha value is -2.66. The van der Waals surface area contributed by atoms with Crippen LogP contribution in [0.1, 0.15) is 53.2 Å². The van der Waals surface area contributed by atoms with Crippen LogP contribution in [-0.4, -0.2) is 48.9 Å². The highest BCUT2D eigenvalue weighted by Gasteiger charge is 2.46. The average Bonchev–Trinajstić information content (AvgIpc) is 3.04. The molecule has 0 spiro atoms. The molecule has 5 heteroatoms. The minimum atomic E-state index is -0.568. The van der Waals surface area contributed by atoms with Gasteiger partial charge in [-0.3, -0.25) is 9.59 Å². The molecule has 2 aromatic rings. The molecule has 3 atom stereocenters. The first-order chi connectivity index (χ1) is 14.8. The molecule has 0 radical (unpaired) electrons. The van der Waals surface area contributed by atoms with Gasteiger partial charge in [0.15, 0.2) is 0 Å². The van der Waals surface area contributed by atoms with Gasteiger partial charge in [-0.25, -0.2) is 0 Å². The zero-order chi connectivity index (χ0) is 22.3. The van der Waals surface area contributed by atoms with Gasteiger partial charge in [0, 0.05) is 29.8 Å². The summed E-state index contributed by atoms with van der Waals surface area (Å²) in [4.78, 5) is 31.1. The molecule has 2 aromatic carbocycles. The Kier molecular flexibility index (Phi) is 5.89. The predicted molar refractivity (Wildman–Crippen MR) is 125 cm³/mol. The van der Waals surface area contributed by atoms with Crippen LogP contribution in [0.25, 0.3) is 0 Å². The summed E-state index contributed by atoms with van der Waals surface area (Å²) in [6.45, 7) is 10.0. The third kappa shape index (κ3) is 4.11. The fraction of sp³-hybridized carbons (Fsp3) is 0.462. The summed E-state index contributed by atoms with van der Waals surface area (Å²) in [5.41, 5.74) is 5.17. The van der Waals surface area contributed by atoms with Gasteiger partial charge in [-0.05, 0) is 63.5 Å². The summed E-state index contributed by atoms with van der Waals surface area (Å²) in [5, 5.41) is 3.03. The van der Waals surface area contributed by atoms with Gasteiger partial charge in [-0.15, -0.1) is 0 Å². The molecule has 0 aliphatic carbocycles. The molecule has 1 saturated heterocycles. The number of aryl methyl sites for hydroxylation is 2. The van der Waals surface area contributed by atoms with Crippen molar-refractivity contribution in [3.63, 3.8) is 0 Å². The molecule has 2 heterocycles. The number of carbonyl (C=O) groups is 2. The van der Waals surface area contributed by atoms with E-state index in [0.29, 0.717) is 11.5 Å². The Morgan fingerprint density at radius 3 is 2.39 bits per heavy atom. The molecular formula is C26H33N3O2. The minimum Gasteiger partial charge on any atom is -0.340 e. The number of rotatable bonds is 4. The quantitative estimate of drug-likeness (QED) is 0.818. The van der Waals surface area contributed by atoms with E-state index in [2.05, 4.69) is 42.4 Å². The standard InChI is InChI=1S/C26H33N3O2/c1-16(2)24(27-25(30)19-9-6-17(3)7-10-19)26(31)29-22-11-8-18(4)14-20(22)21-15-28(5)13-12-23(21)29/h6-11,14,16,21,23-24H,12-13,15H2,1-5H3,(H,27,30)/t21?,23?,24-/m0/s1. The summed E-state index contributed by atoms with van der Waals surface area (Å²) >= 11 is 0. The van der Waals surface area contributed by atoms with Crippen molar-refractivity contribution in [2.45, 2.75) is 52.1 Å². The monoisotopic (exact) mass is 419 g/mol. The van der Waals surface area contributed by atoms with Crippen LogP contribution >= 0.6 is 0 Å². The molecule has 2 unspecified atom stereocenters. The van der Waals surface area contributed by atoms with E-state index in [1.54, 1.807) is 0 Å². The highest BCUT2D eigenvalue weighted by atomic mass is 16.2. The number of amides is 2. The molecule has 164 valence electrons. The van der Waals surface area contributed by atoms with Crippen LogP contribution in [0.5, 0.6) is 0 Å². The van der Waals surface area contributed by atoms with Gasteiger partial charge in [0.25, 0.3) is 5.91 Å². The Bertz CT molecular complexity index is 983. The number of likely N-dealkylation sites (tertiary alicyclic amines) is 1. The summed E-state index contributed by atoms with van der Waals surface area (Å²) < 4.78 is 0. The molecule has 0 bridgehead atoms. The minimum absolute atomic E-state index is 0.00221. The van der Waals surface area contributed by atoms with Crippen LogP contribution in [0, 0.1) is 19.8 Å². The van der Waals surface area contributed by atoms with Crippen molar-refractivity contribution in [1.82, 2.24) is 10.2 Å². The molecule has 5 nitrogen and oxygen atoms in total. The molecule has 2 amide bonds. The summed E-state index contributed by atoms with van der Waals surface area (Å²) in [6, 6.07) is 13.4. The van der Waals surface area contributed by atoms with Crippen molar-refractivity contribution in [2.24, 2.45) is 5.92 Å². The van der Waals surface area contributed by atoms with Crippen molar-refractivity contribution < 1.29 is 9.59 Å². The molecule has 0 saturated carbocycles. The van der Waals surface area contributed by atoms with Crippen LogP contribution in [0.3, 0.4) is 0 Å². The molecule has 2 aliphatic rings. The molecular weight excluding hydrogens is 386 g/mol. The molecule has 0 aromatic heterocycles. The van der Waals surface area contributed by atoms with Crippen LogP contribution in [0.4, 0.5) is 5.69 Å². The lowest BCUT2D eigenvalue weighted by Gasteiger charge is -2.38. The summed E-state index contributed by atoms with van der Waals surface area (Å²) in [7, 11) is 2.15. The average molecular weight is 420 g/mol. The lowest BCUT2D eigenvalue weighted by Crippen LogP contribution is -2.55. The predicted octanol–water partition coefficient (Wildman–Crippen LogP) is 3.89. The third-order valence-corrected chi connectivity index (χ3v) is 6.72. The van der Waals surface area contributed by atoms with Gasteiger partial charge >= 0.3 is 0 Å². The van der Waals surface area contributed by atoms with Gasteiger partial charge in [0.05, 0.1) is 0 Å². The van der Waals surface area contributed by atoms with Crippen LogP contribution in [-0.2, 0) is 4.79 Å². The second-order valence-electron chi connectivity index (χ2n) is 9.56. The first kappa shape index (κ1) is 21.6. The van der Waals surface area contributed by atoms with Crippen LogP contribution in [0.2, 0.25) is 0 Å². The van der Waals surface area contributed by atoms with Crippen LogP contribution < -0.4 is 10.2 Å². The van der Waals surface area contributed by atoms with Crippen LogP contribution in [0.15, 0.2) is 42.5 Å². The second-order valence-corrected chi connectivity index (χ2v) is 9.56. The maximum atomic E-state index is 13.9. The van der Waals surface area contributed by atoms with E-state index in [-0.39, 0.29) is 23.8 Å². The third-order valence-electron chi connectivity index (χ3n) is 6.72. The topological polar surface area (TPSA) is 52.7 Å². The first-order valence-electron chi connectivity index (χ1n) is 11.3. The lowest BCUT2D eigenvalue weighted by atomic mass is 9.88. The smallest absolute Gasteiger partial charge is 0.251 e. The van der Waals surface area contributed by atoms with E-state index >= 15 is 0 Å². The lowest BCUT2D eigenvalue weighted by molar-refractivity contribution is -0.122. The van der Waals surface area contributed by atoms with Crippen molar-refractivity contribution in [1.29, 1.82) is 0 Å². The number of likely N-dealkylation sites (N-methyl/N-ethyl adjacent to an activating group) is 1. The van der Waals surface area contributed by atoms with E-state index in [1.165, 1.54) is 11.1 Å². The Balaban J connectivity index is 1.64. The number of benzene rings is 2. The second kappa shape index (κ2) is 8.46. The number of anilines is 1. The normalized spacial score (nSPS) is 21.5. The van der Waals surface area contributed by atoms with E-state index < -0.39 is 6.04 Å². The van der Waals surface area contributed by atoms with Gasteiger partial charge in [-0.1, -0.05) is 49.2 Å². The Morgan fingerprint density at radius 2 is 1.71 bits per heavy atom. The summed E-state index contributed by atoms with van der Waals surface area (Å²) in [5.74, 6) is 0.104. The highest BCUT2D eigenvalue weighted by molar-refractivity contribution is 6.04. The number of fused-ring (bicyclic) bond motifs is 3. The fourth-order valence-corrected chi connectivity index (χ4v) is 4.96. The fourth-order valence-electron chi connectivity index (χ4n) is 4.96. The van der Waals surface area contributed by atoms with E-state index in [1.807, 2.05) is 49.9 Å². The first-order valence-corrected chi connectivity index (χ1v) is 11.3. The van der Waals surface area contributed by atoms with Gasteiger partial charge < -0.3 is 15.1 Å². The number of hydrogen-bond donors (Lipinski definition) is 1. The van der Waals surface area contributed by atoms with Crippen molar-refractivity contribution in [3.8, 4) is 0 Å². The maximum Gasteiger partial charge on any atom is 0.251 e. The largest absolute Gasteiger partial charge is 0.340 e. The number of hydrogen-bond acceptors (Lipinski definition) is 3.